The van der Waals surface area contributed by atoms with Gasteiger partial charge in [-0.25, -0.2) is 4.98 Å². The maximum atomic E-state index is 12.6. The van der Waals surface area contributed by atoms with Crippen molar-refractivity contribution in [3.05, 3.63) is 41.5 Å². The Morgan fingerprint density at radius 3 is 2.68 bits per heavy atom. The molecule has 11 heteroatoms. The third-order valence-electron chi connectivity index (χ3n) is 5.28. The molecule has 2 aromatic rings. The van der Waals surface area contributed by atoms with Crippen molar-refractivity contribution >= 4 is 40.4 Å². The predicted molar refractivity (Wildman–Crippen MR) is 113 cm³/mol. The lowest BCUT2D eigenvalue weighted by atomic mass is 9.97. The summed E-state index contributed by atoms with van der Waals surface area (Å²) >= 11 is 0.990. The molecule has 2 aliphatic heterocycles. The van der Waals surface area contributed by atoms with E-state index >= 15 is 0 Å². The van der Waals surface area contributed by atoms with Gasteiger partial charge in [-0.15, -0.1) is 0 Å². The summed E-state index contributed by atoms with van der Waals surface area (Å²) in [5, 5.41) is 9.35. The van der Waals surface area contributed by atoms with Crippen molar-refractivity contribution in [2.24, 2.45) is 0 Å². The lowest BCUT2D eigenvalue weighted by Crippen LogP contribution is -2.44. The number of thioether (sulfide) groups is 1. The molecule has 0 bridgehead atoms. The van der Waals surface area contributed by atoms with Crippen molar-refractivity contribution in [3.8, 4) is 0 Å². The van der Waals surface area contributed by atoms with Gasteiger partial charge in [0.25, 0.3) is 5.24 Å². The summed E-state index contributed by atoms with van der Waals surface area (Å²) in [6.07, 6.45) is 1.64. The molecule has 0 spiro atoms. The number of piperidine rings is 1. The number of carbonyl (C=O) groups is 4. The highest BCUT2D eigenvalue weighted by atomic mass is 32.2. The number of imide groups is 1. The number of benzene rings is 1. The molecular weight excluding hydrogens is 420 g/mol. The fraction of sp³-hybridized carbons (Fsp3) is 0.400. The van der Waals surface area contributed by atoms with Gasteiger partial charge in [0, 0.05) is 24.7 Å². The van der Waals surface area contributed by atoms with Crippen molar-refractivity contribution in [1.82, 2.24) is 25.0 Å². The molecule has 162 valence electrons. The SMILES string of the molecule is Cc1nc(C2CCCN(C(=O)C(=O)Nc3ccc(CN4C(=O)CSC4=O)cc3)C2)n[nH]1. The third kappa shape index (κ3) is 4.76. The number of nitrogens with zero attached hydrogens (tertiary/aromatic N) is 4. The molecule has 3 heterocycles. The number of hydrogen-bond acceptors (Lipinski definition) is 7. The first-order chi connectivity index (χ1) is 14.9. The van der Waals surface area contributed by atoms with Crippen LogP contribution in [0.3, 0.4) is 0 Å². The minimum absolute atomic E-state index is 0.00362. The lowest BCUT2D eigenvalue weighted by molar-refractivity contribution is -0.144. The summed E-state index contributed by atoms with van der Waals surface area (Å²) < 4.78 is 0. The highest BCUT2D eigenvalue weighted by molar-refractivity contribution is 8.14. The molecule has 2 fully saturated rings. The molecule has 4 amide bonds. The minimum Gasteiger partial charge on any atom is -0.334 e. The van der Waals surface area contributed by atoms with Crippen LogP contribution in [0, 0.1) is 6.92 Å². The van der Waals surface area contributed by atoms with E-state index in [0.29, 0.717) is 24.6 Å². The minimum atomic E-state index is -0.708. The number of likely N-dealkylation sites (tertiary alicyclic amines) is 1. The van der Waals surface area contributed by atoms with Crippen molar-refractivity contribution in [1.29, 1.82) is 0 Å². The lowest BCUT2D eigenvalue weighted by Gasteiger charge is -2.30. The molecule has 2 saturated heterocycles. The second kappa shape index (κ2) is 8.88. The third-order valence-corrected chi connectivity index (χ3v) is 6.13. The van der Waals surface area contributed by atoms with Crippen LogP contribution in [0.4, 0.5) is 10.5 Å². The van der Waals surface area contributed by atoms with Crippen LogP contribution in [0.1, 0.15) is 36.0 Å². The summed E-state index contributed by atoms with van der Waals surface area (Å²) in [6, 6.07) is 6.72. The Hall–Kier alpha value is -3.21. The second-order valence-corrected chi connectivity index (χ2v) is 8.48. The fourth-order valence-corrected chi connectivity index (χ4v) is 4.38. The van der Waals surface area contributed by atoms with Crippen LogP contribution in [0.25, 0.3) is 0 Å². The summed E-state index contributed by atoms with van der Waals surface area (Å²) in [5.74, 6) is 0.0488. The van der Waals surface area contributed by atoms with Gasteiger partial charge in [0.05, 0.1) is 12.3 Å². The molecule has 4 rings (SSSR count). The summed E-state index contributed by atoms with van der Waals surface area (Å²) in [4.78, 5) is 55.6. The molecule has 1 aromatic heterocycles. The second-order valence-electron chi connectivity index (χ2n) is 7.55. The summed E-state index contributed by atoms with van der Waals surface area (Å²) in [6.45, 7) is 2.92. The number of rotatable bonds is 4. The van der Waals surface area contributed by atoms with Gasteiger partial charge in [0.15, 0.2) is 5.82 Å². The van der Waals surface area contributed by atoms with Crippen molar-refractivity contribution in [2.75, 3.05) is 24.2 Å². The molecule has 10 nitrogen and oxygen atoms in total. The van der Waals surface area contributed by atoms with Crippen LogP contribution in [-0.2, 0) is 20.9 Å². The molecule has 2 aliphatic rings. The first-order valence-corrected chi connectivity index (χ1v) is 10.9. The van der Waals surface area contributed by atoms with Crippen molar-refractivity contribution < 1.29 is 19.2 Å². The Morgan fingerprint density at radius 2 is 2.03 bits per heavy atom. The van der Waals surface area contributed by atoms with Gasteiger partial charge in [-0.3, -0.25) is 29.2 Å². The number of anilines is 1. The molecule has 31 heavy (non-hydrogen) atoms. The van der Waals surface area contributed by atoms with Gasteiger partial charge in [-0.05, 0) is 37.5 Å². The zero-order valence-corrected chi connectivity index (χ0v) is 17.8. The van der Waals surface area contributed by atoms with E-state index < -0.39 is 11.8 Å². The maximum Gasteiger partial charge on any atom is 0.313 e. The Balaban J connectivity index is 1.33. The topological polar surface area (TPSA) is 128 Å². The van der Waals surface area contributed by atoms with Gasteiger partial charge in [0.1, 0.15) is 5.82 Å². The molecule has 0 saturated carbocycles. The van der Waals surface area contributed by atoms with E-state index in [1.807, 2.05) is 6.92 Å². The first-order valence-electron chi connectivity index (χ1n) is 9.96. The van der Waals surface area contributed by atoms with Crippen molar-refractivity contribution in [3.63, 3.8) is 0 Å². The van der Waals surface area contributed by atoms with E-state index in [1.54, 1.807) is 24.3 Å². The van der Waals surface area contributed by atoms with E-state index in [-0.39, 0.29) is 29.4 Å². The highest BCUT2D eigenvalue weighted by Crippen LogP contribution is 2.25. The Labute approximate surface area is 182 Å². The molecule has 0 radical (unpaired) electrons. The van der Waals surface area contributed by atoms with Crippen LogP contribution in [-0.4, -0.2) is 66.8 Å². The average molecular weight is 443 g/mol. The van der Waals surface area contributed by atoms with E-state index in [2.05, 4.69) is 20.5 Å². The van der Waals surface area contributed by atoms with Crippen LogP contribution < -0.4 is 5.32 Å². The van der Waals surface area contributed by atoms with E-state index in [1.165, 1.54) is 9.80 Å². The number of nitrogens with one attached hydrogen (secondary N) is 2. The summed E-state index contributed by atoms with van der Waals surface area (Å²) in [5.41, 5.74) is 1.22. The van der Waals surface area contributed by atoms with Crippen LogP contribution >= 0.6 is 11.8 Å². The number of aromatic amines is 1. The molecular formula is C20H22N6O4S. The monoisotopic (exact) mass is 442 g/mol. The Morgan fingerprint density at radius 1 is 1.26 bits per heavy atom. The van der Waals surface area contributed by atoms with Crippen LogP contribution in [0.15, 0.2) is 24.3 Å². The number of aromatic nitrogens is 3. The highest BCUT2D eigenvalue weighted by Gasteiger charge is 2.31. The predicted octanol–water partition coefficient (Wildman–Crippen LogP) is 1.65. The number of aryl methyl sites for hydroxylation is 1. The average Bonchev–Trinajstić information content (AvgIpc) is 3.35. The van der Waals surface area contributed by atoms with Crippen LogP contribution in [0.5, 0.6) is 0 Å². The summed E-state index contributed by atoms with van der Waals surface area (Å²) in [7, 11) is 0. The Kier molecular flexibility index (Phi) is 6.03. The van der Waals surface area contributed by atoms with Gasteiger partial charge in [0.2, 0.25) is 5.91 Å². The van der Waals surface area contributed by atoms with E-state index in [9.17, 15) is 19.2 Å². The van der Waals surface area contributed by atoms with Crippen molar-refractivity contribution in [2.45, 2.75) is 32.2 Å². The van der Waals surface area contributed by atoms with Gasteiger partial charge >= 0.3 is 11.8 Å². The zero-order valence-electron chi connectivity index (χ0n) is 17.0. The normalized spacial score (nSPS) is 19.1. The molecule has 1 aromatic carbocycles. The van der Waals surface area contributed by atoms with Gasteiger partial charge in [-0.1, -0.05) is 23.9 Å². The van der Waals surface area contributed by atoms with Crippen LogP contribution in [0.2, 0.25) is 0 Å². The number of amides is 4. The largest absolute Gasteiger partial charge is 0.334 e. The van der Waals surface area contributed by atoms with Gasteiger partial charge < -0.3 is 10.2 Å². The molecule has 1 unspecified atom stereocenters. The Bertz CT molecular complexity index is 1000. The van der Waals surface area contributed by atoms with E-state index in [4.69, 9.17) is 0 Å². The number of hydrogen-bond donors (Lipinski definition) is 2. The fourth-order valence-electron chi connectivity index (χ4n) is 3.65. The number of carbonyl (C=O) groups excluding carboxylic acids is 4. The standard InChI is InChI=1S/C20H22N6O4S/c1-12-21-17(24-23-12)14-3-2-8-25(10-14)19(29)18(28)22-15-6-4-13(5-7-15)9-26-16(27)11-31-20(26)30/h4-7,14H,2-3,8-11H2,1H3,(H,22,28)(H,21,23,24). The number of H-pyrrole nitrogens is 1. The molecule has 1 atom stereocenters. The smallest absolute Gasteiger partial charge is 0.313 e. The molecule has 0 aliphatic carbocycles. The zero-order chi connectivity index (χ0) is 22.0. The maximum absolute atomic E-state index is 12.6. The van der Waals surface area contributed by atoms with E-state index in [0.717, 1.165) is 36.0 Å². The quantitative estimate of drug-likeness (QED) is 0.689. The van der Waals surface area contributed by atoms with Gasteiger partial charge in [-0.2, -0.15) is 5.10 Å². The molecule has 2 N–H and O–H groups in total. The first kappa shape index (κ1) is 21.0.